The number of sulfonamides is 1. The lowest BCUT2D eigenvalue weighted by atomic mass is 10.0. The summed E-state index contributed by atoms with van der Waals surface area (Å²) in [4.78, 5) is 11.6. The van der Waals surface area contributed by atoms with Crippen LogP contribution in [0.1, 0.15) is 40.0 Å². The van der Waals surface area contributed by atoms with Crippen molar-refractivity contribution in [2.75, 3.05) is 7.11 Å². The molecular weight excluding hydrogens is 326 g/mol. The van der Waals surface area contributed by atoms with Crippen molar-refractivity contribution in [3.05, 3.63) is 64.7 Å². The lowest BCUT2D eigenvalue weighted by Gasteiger charge is -2.17. The van der Waals surface area contributed by atoms with Gasteiger partial charge in [-0.3, -0.25) is 0 Å². The van der Waals surface area contributed by atoms with Crippen molar-refractivity contribution in [2.45, 2.75) is 31.7 Å². The molecule has 0 fully saturated rings. The van der Waals surface area contributed by atoms with E-state index in [2.05, 4.69) is 9.46 Å². The average Bonchev–Trinajstić information content (AvgIpc) is 2.53. The number of benzene rings is 2. The molecular formula is C18H21NO4S. The van der Waals surface area contributed by atoms with E-state index in [9.17, 15) is 13.2 Å². The van der Waals surface area contributed by atoms with Gasteiger partial charge in [0.2, 0.25) is 10.0 Å². The van der Waals surface area contributed by atoms with Gasteiger partial charge >= 0.3 is 5.97 Å². The Balaban J connectivity index is 2.29. The van der Waals surface area contributed by atoms with E-state index in [0.717, 1.165) is 16.7 Å². The van der Waals surface area contributed by atoms with Crippen molar-refractivity contribution in [3.8, 4) is 0 Å². The minimum atomic E-state index is -3.76. The Morgan fingerprint density at radius 3 is 2.46 bits per heavy atom. The van der Waals surface area contributed by atoms with Gasteiger partial charge in [-0.1, -0.05) is 29.8 Å². The van der Waals surface area contributed by atoms with Crippen LogP contribution in [0.4, 0.5) is 0 Å². The molecule has 0 amide bonds. The van der Waals surface area contributed by atoms with E-state index in [1.54, 1.807) is 6.92 Å². The molecule has 1 atom stereocenters. The lowest BCUT2D eigenvalue weighted by molar-refractivity contribution is 0.0600. The fourth-order valence-corrected chi connectivity index (χ4v) is 3.85. The number of hydrogen-bond acceptors (Lipinski definition) is 4. The van der Waals surface area contributed by atoms with E-state index in [4.69, 9.17) is 0 Å². The van der Waals surface area contributed by atoms with Crippen LogP contribution >= 0.6 is 0 Å². The zero-order valence-corrected chi connectivity index (χ0v) is 15.0. The monoisotopic (exact) mass is 347 g/mol. The largest absolute Gasteiger partial charge is 0.465 e. The predicted molar refractivity (Wildman–Crippen MR) is 92.4 cm³/mol. The second kappa shape index (κ2) is 7.15. The minimum Gasteiger partial charge on any atom is -0.465 e. The van der Waals surface area contributed by atoms with E-state index in [1.165, 1.54) is 31.4 Å². The third kappa shape index (κ3) is 4.01. The molecule has 2 aromatic carbocycles. The van der Waals surface area contributed by atoms with Crippen LogP contribution in [0.2, 0.25) is 0 Å². The first-order valence-corrected chi connectivity index (χ1v) is 9.01. The molecule has 0 saturated heterocycles. The number of carbonyl (C=O) groups is 1. The van der Waals surface area contributed by atoms with Gasteiger partial charge in [0.05, 0.1) is 17.6 Å². The molecule has 24 heavy (non-hydrogen) atoms. The number of rotatable bonds is 5. The standard InChI is InChI=1S/C18H21NO4S/c1-12-8-9-17(13(2)10-12)14(3)19-24(21,22)16-7-5-6-15(11-16)18(20)23-4/h5-11,14,19H,1-4H3/t14-/m1/s1. The third-order valence-corrected chi connectivity index (χ3v) is 5.33. The quantitative estimate of drug-likeness (QED) is 0.844. The Kier molecular flexibility index (Phi) is 5.41. The van der Waals surface area contributed by atoms with Gasteiger partial charge in [-0.15, -0.1) is 0 Å². The van der Waals surface area contributed by atoms with Crippen molar-refractivity contribution in [1.82, 2.24) is 4.72 Å². The van der Waals surface area contributed by atoms with Gasteiger partial charge in [0.25, 0.3) is 0 Å². The Morgan fingerprint density at radius 2 is 1.83 bits per heavy atom. The van der Waals surface area contributed by atoms with Crippen molar-refractivity contribution >= 4 is 16.0 Å². The van der Waals surface area contributed by atoms with Crippen molar-refractivity contribution < 1.29 is 17.9 Å². The van der Waals surface area contributed by atoms with Crippen LogP contribution in [-0.4, -0.2) is 21.5 Å². The molecule has 128 valence electrons. The topological polar surface area (TPSA) is 72.5 Å². The van der Waals surface area contributed by atoms with Gasteiger partial charge in [-0.25, -0.2) is 17.9 Å². The van der Waals surface area contributed by atoms with Gasteiger partial charge in [0.1, 0.15) is 0 Å². The van der Waals surface area contributed by atoms with Crippen LogP contribution < -0.4 is 4.72 Å². The molecule has 0 saturated carbocycles. The van der Waals surface area contributed by atoms with Crippen LogP contribution in [0.15, 0.2) is 47.4 Å². The molecule has 0 aromatic heterocycles. The maximum Gasteiger partial charge on any atom is 0.337 e. The summed E-state index contributed by atoms with van der Waals surface area (Å²) in [6.45, 7) is 5.73. The highest BCUT2D eigenvalue weighted by Crippen LogP contribution is 2.21. The SMILES string of the molecule is COC(=O)c1cccc(S(=O)(=O)N[C@H](C)c2ccc(C)cc2C)c1. The fraction of sp³-hybridized carbons (Fsp3) is 0.278. The minimum absolute atomic E-state index is 0.0296. The molecule has 1 N–H and O–H groups in total. The van der Waals surface area contributed by atoms with Crippen LogP contribution in [0.25, 0.3) is 0 Å². The highest BCUT2D eigenvalue weighted by atomic mass is 32.2. The second-order valence-electron chi connectivity index (χ2n) is 5.72. The summed E-state index contributed by atoms with van der Waals surface area (Å²) in [5.74, 6) is -0.575. The fourth-order valence-electron chi connectivity index (χ4n) is 2.58. The summed E-state index contributed by atoms with van der Waals surface area (Å²) >= 11 is 0. The zero-order valence-electron chi connectivity index (χ0n) is 14.2. The summed E-state index contributed by atoms with van der Waals surface area (Å²) in [6.07, 6.45) is 0. The number of esters is 1. The summed E-state index contributed by atoms with van der Waals surface area (Å²) in [7, 11) is -2.50. The smallest absolute Gasteiger partial charge is 0.337 e. The first kappa shape index (κ1) is 18.2. The number of methoxy groups -OCH3 is 1. The Bertz CT molecular complexity index is 859. The van der Waals surface area contributed by atoms with E-state index in [0.29, 0.717) is 0 Å². The third-order valence-electron chi connectivity index (χ3n) is 3.79. The van der Waals surface area contributed by atoms with Crippen molar-refractivity contribution in [2.24, 2.45) is 0 Å². The summed E-state index contributed by atoms with van der Waals surface area (Å²) in [6, 6.07) is 11.3. The molecule has 0 bridgehead atoms. The number of carbonyl (C=O) groups excluding carboxylic acids is 1. The van der Waals surface area contributed by atoms with E-state index in [1.807, 2.05) is 32.0 Å². The first-order valence-electron chi connectivity index (χ1n) is 7.52. The molecule has 0 aliphatic carbocycles. The number of ether oxygens (including phenoxy) is 1. The first-order chi connectivity index (χ1) is 11.2. The predicted octanol–water partition coefficient (Wildman–Crippen LogP) is 3.13. The van der Waals surface area contributed by atoms with Crippen molar-refractivity contribution in [3.63, 3.8) is 0 Å². The van der Waals surface area contributed by atoms with Crippen molar-refractivity contribution in [1.29, 1.82) is 0 Å². The number of aryl methyl sites for hydroxylation is 2. The number of hydrogen-bond donors (Lipinski definition) is 1. The molecule has 0 radical (unpaired) electrons. The van der Waals surface area contributed by atoms with E-state index >= 15 is 0 Å². The Labute approximate surface area is 142 Å². The second-order valence-corrected chi connectivity index (χ2v) is 7.44. The van der Waals surface area contributed by atoms with E-state index < -0.39 is 22.0 Å². The zero-order chi connectivity index (χ0) is 17.9. The van der Waals surface area contributed by atoms with Crippen LogP contribution in [0, 0.1) is 13.8 Å². The van der Waals surface area contributed by atoms with Gasteiger partial charge in [-0.2, -0.15) is 0 Å². The highest BCUT2D eigenvalue weighted by molar-refractivity contribution is 7.89. The molecule has 6 heteroatoms. The molecule has 2 aromatic rings. The lowest BCUT2D eigenvalue weighted by Crippen LogP contribution is -2.27. The highest BCUT2D eigenvalue weighted by Gasteiger charge is 2.20. The maximum absolute atomic E-state index is 12.6. The van der Waals surface area contributed by atoms with Crippen LogP contribution in [0.3, 0.4) is 0 Å². The molecule has 0 spiro atoms. The summed E-state index contributed by atoms with van der Waals surface area (Å²) in [5, 5.41) is 0. The summed E-state index contributed by atoms with van der Waals surface area (Å²) in [5.41, 5.74) is 3.25. The molecule has 0 heterocycles. The summed E-state index contributed by atoms with van der Waals surface area (Å²) < 4.78 is 32.5. The van der Waals surface area contributed by atoms with Gasteiger partial charge in [0, 0.05) is 6.04 Å². The Morgan fingerprint density at radius 1 is 1.12 bits per heavy atom. The molecule has 5 nitrogen and oxygen atoms in total. The average molecular weight is 347 g/mol. The van der Waals surface area contributed by atoms with Crippen LogP contribution in [0.5, 0.6) is 0 Å². The number of nitrogens with one attached hydrogen (secondary N) is 1. The maximum atomic E-state index is 12.6. The molecule has 2 rings (SSSR count). The molecule has 0 aliphatic rings. The van der Waals surface area contributed by atoms with Crippen LogP contribution in [-0.2, 0) is 14.8 Å². The van der Waals surface area contributed by atoms with E-state index in [-0.39, 0.29) is 10.5 Å². The normalized spacial score (nSPS) is 12.7. The molecule has 0 aliphatic heterocycles. The Hall–Kier alpha value is -2.18. The molecule has 0 unspecified atom stereocenters. The van der Waals surface area contributed by atoms with Gasteiger partial charge in [0.15, 0.2) is 0 Å². The van der Waals surface area contributed by atoms with Gasteiger partial charge < -0.3 is 4.74 Å². The van der Waals surface area contributed by atoms with Gasteiger partial charge in [-0.05, 0) is 50.1 Å².